The number of nitrogens with one attached hydrogen (secondary N) is 1. The molecule has 1 saturated carbocycles. The molecular weight excluding hydrogens is 262 g/mol. The molecule has 2 heterocycles. The van der Waals surface area contributed by atoms with Gasteiger partial charge in [-0.1, -0.05) is 25.7 Å². The first-order chi connectivity index (χ1) is 10.3. The number of aromatic nitrogens is 1. The summed E-state index contributed by atoms with van der Waals surface area (Å²) in [6.07, 6.45) is 11.4. The van der Waals surface area contributed by atoms with E-state index in [1.807, 2.05) is 12.3 Å². The molecule has 0 amide bonds. The van der Waals surface area contributed by atoms with Crippen molar-refractivity contribution in [1.29, 1.82) is 0 Å². The Labute approximate surface area is 127 Å². The zero-order valence-electron chi connectivity index (χ0n) is 12.8. The van der Waals surface area contributed by atoms with Gasteiger partial charge in [0.1, 0.15) is 0 Å². The van der Waals surface area contributed by atoms with Gasteiger partial charge < -0.3 is 15.3 Å². The van der Waals surface area contributed by atoms with Gasteiger partial charge in [0.15, 0.2) is 5.82 Å². The Morgan fingerprint density at radius 2 is 1.76 bits per heavy atom. The van der Waals surface area contributed by atoms with Crippen molar-refractivity contribution in [2.45, 2.75) is 63.5 Å². The van der Waals surface area contributed by atoms with E-state index < -0.39 is 0 Å². The van der Waals surface area contributed by atoms with Gasteiger partial charge in [0.25, 0.3) is 0 Å². The number of rotatable bonds is 3. The lowest BCUT2D eigenvalue weighted by molar-refractivity contribution is 0.145. The van der Waals surface area contributed by atoms with Gasteiger partial charge in [-0.05, 0) is 37.8 Å². The van der Waals surface area contributed by atoms with E-state index in [2.05, 4.69) is 21.3 Å². The number of aliphatic hydroxyl groups excluding tert-OH is 1. The second-order valence-corrected chi connectivity index (χ2v) is 6.43. The summed E-state index contributed by atoms with van der Waals surface area (Å²) < 4.78 is 0. The molecule has 2 fully saturated rings. The maximum Gasteiger partial charge on any atom is 0.151 e. The summed E-state index contributed by atoms with van der Waals surface area (Å²) in [6, 6.07) is 4.75. The van der Waals surface area contributed by atoms with E-state index in [1.165, 1.54) is 44.2 Å². The molecule has 0 atom stereocenters. The maximum atomic E-state index is 9.67. The molecule has 116 valence electrons. The summed E-state index contributed by atoms with van der Waals surface area (Å²) in [4.78, 5) is 6.91. The predicted molar refractivity (Wildman–Crippen MR) is 86.8 cm³/mol. The molecule has 3 rings (SSSR count). The number of hydrogen-bond donors (Lipinski definition) is 2. The van der Waals surface area contributed by atoms with E-state index in [9.17, 15) is 5.11 Å². The van der Waals surface area contributed by atoms with E-state index in [1.54, 1.807) is 0 Å². The molecule has 0 aromatic carbocycles. The van der Waals surface area contributed by atoms with Crippen LogP contribution < -0.4 is 10.2 Å². The van der Waals surface area contributed by atoms with Crippen LogP contribution >= 0.6 is 0 Å². The van der Waals surface area contributed by atoms with Crippen molar-refractivity contribution in [1.82, 2.24) is 4.98 Å². The molecule has 1 saturated heterocycles. The van der Waals surface area contributed by atoms with Gasteiger partial charge in [-0.25, -0.2) is 4.98 Å². The van der Waals surface area contributed by atoms with Crippen molar-refractivity contribution in [2.75, 3.05) is 23.3 Å². The minimum Gasteiger partial charge on any atom is -0.393 e. The molecule has 1 aromatic heterocycles. The second-order valence-electron chi connectivity index (χ2n) is 6.43. The second kappa shape index (κ2) is 7.12. The van der Waals surface area contributed by atoms with E-state index in [0.29, 0.717) is 6.04 Å². The van der Waals surface area contributed by atoms with Crippen molar-refractivity contribution < 1.29 is 5.11 Å². The minimum atomic E-state index is -0.136. The Balaban J connectivity index is 1.69. The molecule has 0 unspecified atom stereocenters. The van der Waals surface area contributed by atoms with Crippen LogP contribution in [0.2, 0.25) is 0 Å². The van der Waals surface area contributed by atoms with E-state index in [4.69, 9.17) is 0 Å². The van der Waals surface area contributed by atoms with Crippen molar-refractivity contribution in [3.63, 3.8) is 0 Å². The molecule has 4 nitrogen and oxygen atoms in total. The number of anilines is 2. The molecule has 4 heteroatoms. The third-order valence-electron chi connectivity index (χ3n) is 4.77. The van der Waals surface area contributed by atoms with Gasteiger partial charge in [-0.15, -0.1) is 0 Å². The average Bonchev–Trinajstić information content (AvgIpc) is 2.78. The van der Waals surface area contributed by atoms with Gasteiger partial charge in [0, 0.05) is 25.3 Å². The van der Waals surface area contributed by atoms with Crippen LogP contribution in [0, 0.1) is 0 Å². The fourth-order valence-corrected chi connectivity index (χ4v) is 3.48. The average molecular weight is 289 g/mol. The summed E-state index contributed by atoms with van der Waals surface area (Å²) in [5.41, 5.74) is 1.17. The molecule has 21 heavy (non-hydrogen) atoms. The first-order valence-corrected chi connectivity index (χ1v) is 8.47. The third-order valence-corrected chi connectivity index (χ3v) is 4.77. The highest BCUT2D eigenvalue weighted by molar-refractivity contribution is 5.66. The molecule has 0 radical (unpaired) electrons. The van der Waals surface area contributed by atoms with Crippen LogP contribution in [0.25, 0.3) is 0 Å². The molecule has 0 spiro atoms. The quantitative estimate of drug-likeness (QED) is 0.839. The predicted octanol–water partition coefficient (Wildman–Crippen LogP) is 3.18. The summed E-state index contributed by atoms with van der Waals surface area (Å²) in [5, 5.41) is 13.4. The van der Waals surface area contributed by atoms with Crippen LogP contribution in [0.1, 0.15) is 51.4 Å². The summed E-state index contributed by atoms with van der Waals surface area (Å²) in [6.45, 7) is 1.80. The van der Waals surface area contributed by atoms with Crippen LogP contribution in [0.4, 0.5) is 11.5 Å². The fourth-order valence-electron chi connectivity index (χ4n) is 3.48. The minimum absolute atomic E-state index is 0.136. The van der Waals surface area contributed by atoms with Crippen LogP contribution in [-0.2, 0) is 0 Å². The number of aliphatic hydroxyl groups is 1. The molecule has 1 aliphatic carbocycles. The maximum absolute atomic E-state index is 9.67. The van der Waals surface area contributed by atoms with Gasteiger partial charge >= 0.3 is 0 Å². The van der Waals surface area contributed by atoms with Crippen molar-refractivity contribution >= 4 is 11.5 Å². The van der Waals surface area contributed by atoms with Crippen LogP contribution in [0.5, 0.6) is 0 Å². The van der Waals surface area contributed by atoms with Crippen molar-refractivity contribution in [2.24, 2.45) is 0 Å². The number of piperidine rings is 1. The van der Waals surface area contributed by atoms with Gasteiger partial charge in [0.05, 0.1) is 11.8 Å². The Morgan fingerprint density at radius 1 is 1.05 bits per heavy atom. The Bertz CT molecular complexity index is 435. The molecule has 2 N–H and O–H groups in total. The highest BCUT2D eigenvalue weighted by atomic mass is 16.3. The highest BCUT2D eigenvalue weighted by Gasteiger charge is 2.21. The monoisotopic (exact) mass is 289 g/mol. The largest absolute Gasteiger partial charge is 0.393 e. The lowest BCUT2D eigenvalue weighted by atomic mass is 10.1. The normalized spacial score (nSPS) is 22.0. The standard InChI is InChI=1S/C17H27N3O/c21-15-9-12-20(13-10-15)17-16(8-5-11-18-17)19-14-6-3-1-2-4-7-14/h5,8,11,14-15,19,21H,1-4,6-7,9-10,12-13H2. The van der Waals surface area contributed by atoms with Gasteiger partial charge in [0.2, 0.25) is 0 Å². The zero-order valence-corrected chi connectivity index (χ0v) is 12.8. The van der Waals surface area contributed by atoms with Gasteiger partial charge in [-0.2, -0.15) is 0 Å². The Hall–Kier alpha value is -1.29. The van der Waals surface area contributed by atoms with Gasteiger partial charge in [-0.3, -0.25) is 0 Å². The number of hydrogen-bond acceptors (Lipinski definition) is 4. The molecule has 1 aromatic rings. The molecular formula is C17H27N3O. The molecule has 1 aliphatic heterocycles. The topological polar surface area (TPSA) is 48.4 Å². The molecule has 0 bridgehead atoms. The smallest absolute Gasteiger partial charge is 0.151 e. The van der Waals surface area contributed by atoms with E-state index in [-0.39, 0.29) is 6.10 Å². The first-order valence-electron chi connectivity index (χ1n) is 8.47. The van der Waals surface area contributed by atoms with E-state index in [0.717, 1.165) is 31.7 Å². The summed E-state index contributed by atoms with van der Waals surface area (Å²) >= 11 is 0. The zero-order chi connectivity index (χ0) is 14.5. The Kier molecular flexibility index (Phi) is 4.96. The van der Waals surface area contributed by atoms with Crippen LogP contribution in [0.3, 0.4) is 0 Å². The van der Waals surface area contributed by atoms with E-state index >= 15 is 0 Å². The molecule has 2 aliphatic rings. The summed E-state index contributed by atoms with van der Waals surface area (Å²) in [7, 11) is 0. The lowest BCUT2D eigenvalue weighted by Crippen LogP contribution is -2.37. The highest BCUT2D eigenvalue weighted by Crippen LogP contribution is 2.28. The number of nitrogens with zero attached hydrogens (tertiary/aromatic N) is 2. The van der Waals surface area contributed by atoms with Crippen molar-refractivity contribution in [3.05, 3.63) is 18.3 Å². The Morgan fingerprint density at radius 3 is 2.48 bits per heavy atom. The lowest BCUT2D eigenvalue weighted by Gasteiger charge is -2.32. The summed E-state index contributed by atoms with van der Waals surface area (Å²) in [5.74, 6) is 1.06. The fraction of sp³-hybridized carbons (Fsp3) is 0.706. The van der Waals surface area contributed by atoms with Crippen molar-refractivity contribution in [3.8, 4) is 0 Å². The third kappa shape index (κ3) is 3.88. The first kappa shape index (κ1) is 14.6. The van der Waals surface area contributed by atoms with Crippen LogP contribution in [0.15, 0.2) is 18.3 Å². The SMILES string of the molecule is OC1CCN(c2ncccc2NC2CCCCCC2)CC1. The number of pyridine rings is 1. The van der Waals surface area contributed by atoms with Crippen LogP contribution in [-0.4, -0.2) is 35.3 Å².